The summed E-state index contributed by atoms with van der Waals surface area (Å²) in [5, 5.41) is 0. The third-order valence-electron chi connectivity index (χ3n) is 3.27. The first-order chi connectivity index (χ1) is 12.7. The Morgan fingerprint density at radius 3 is 2.26 bits per heavy atom. The Morgan fingerprint density at radius 1 is 1.00 bits per heavy atom. The molecule has 0 unspecified atom stereocenters. The number of esters is 2. The predicted octanol–water partition coefficient (Wildman–Crippen LogP) is 3.69. The molecule has 1 N–H and O–H groups in total. The molecule has 0 spiro atoms. The van der Waals surface area contributed by atoms with E-state index in [4.69, 9.17) is 14.0 Å². The average molecular weight is 616 g/mol. The molecule has 0 radical (unpaired) electrons. The van der Waals surface area contributed by atoms with Gasteiger partial charge in [0.1, 0.15) is 5.75 Å². The van der Waals surface area contributed by atoms with Crippen molar-refractivity contribution in [3.05, 3.63) is 55.2 Å². The van der Waals surface area contributed by atoms with Gasteiger partial charge in [-0.1, -0.05) is 0 Å². The van der Waals surface area contributed by atoms with E-state index in [0.29, 0.717) is 5.56 Å². The fourth-order valence-electron chi connectivity index (χ4n) is 1.95. The lowest BCUT2D eigenvalue weighted by atomic mass is 10.2. The Kier molecular flexibility index (Phi) is 8.00. The van der Waals surface area contributed by atoms with Crippen LogP contribution in [0.5, 0.6) is 5.75 Å². The topological polar surface area (TPSA) is 107 Å². The number of halogens is 2. The Bertz CT molecular complexity index is 940. The summed E-state index contributed by atoms with van der Waals surface area (Å²) in [5.74, 6) is -0.856. The van der Waals surface area contributed by atoms with Crippen LogP contribution in [-0.4, -0.2) is 31.5 Å². The zero-order chi connectivity index (χ0) is 20.0. The van der Waals surface area contributed by atoms with Crippen LogP contribution >= 0.6 is 45.2 Å². The molecule has 0 aliphatic carbocycles. The number of carbonyl (C=O) groups is 2. The third-order valence-corrected chi connectivity index (χ3v) is 7.00. The number of benzene rings is 2. The van der Waals surface area contributed by atoms with Crippen molar-refractivity contribution in [3.63, 3.8) is 0 Å². The van der Waals surface area contributed by atoms with Crippen molar-refractivity contribution in [3.8, 4) is 5.75 Å². The maximum absolute atomic E-state index is 11.9. The van der Waals surface area contributed by atoms with Crippen molar-refractivity contribution < 1.29 is 32.0 Å². The molecule has 0 atom stereocenters. The Balaban J connectivity index is 1.76. The van der Waals surface area contributed by atoms with E-state index in [1.807, 2.05) is 6.07 Å². The van der Waals surface area contributed by atoms with Crippen LogP contribution in [0.15, 0.2) is 47.4 Å². The molecule has 0 amide bonds. The Morgan fingerprint density at radius 2 is 1.67 bits per heavy atom. The zero-order valence-corrected chi connectivity index (χ0v) is 18.9. The van der Waals surface area contributed by atoms with Gasteiger partial charge in [-0.25, -0.2) is 4.79 Å². The molecule has 0 saturated carbocycles. The van der Waals surface area contributed by atoms with E-state index in [2.05, 4.69) is 45.2 Å². The number of ether oxygens (including phenoxy) is 2. The van der Waals surface area contributed by atoms with Gasteiger partial charge in [0.2, 0.25) is 0 Å². The number of rotatable bonds is 7. The minimum Gasteiger partial charge on any atom is -0.462 e. The summed E-state index contributed by atoms with van der Waals surface area (Å²) < 4.78 is 42.9. The maximum Gasteiger partial charge on any atom is 0.338 e. The van der Waals surface area contributed by atoms with Crippen molar-refractivity contribution in [2.75, 3.05) is 6.61 Å². The minimum atomic E-state index is -4.29. The van der Waals surface area contributed by atoms with Crippen molar-refractivity contribution in [1.82, 2.24) is 0 Å². The van der Waals surface area contributed by atoms with Crippen LogP contribution in [0, 0.1) is 7.14 Å². The van der Waals surface area contributed by atoms with Crippen LogP contribution in [0.25, 0.3) is 0 Å². The van der Waals surface area contributed by atoms with E-state index in [1.165, 1.54) is 12.1 Å². The highest BCUT2D eigenvalue weighted by atomic mass is 127. The lowest BCUT2D eigenvalue weighted by Crippen LogP contribution is -2.11. The predicted molar refractivity (Wildman–Crippen MR) is 113 cm³/mol. The summed E-state index contributed by atoms with van der Waals surface area (Å²) in [6, 6.07) is 10.0. The SMILES string of the molecule is O=C(CCCOC(=O)c1ccc(I)c(I)c1)Oc1ccc(S(=O)(=O)O)cc1. The molecule has 10 heteroatoms. The second-order valence-electron chi connectivity index (χ2n) is 5.29. The van der Waals surface area contributed by atoms with Gasteiger partial charge in [0.25, 0.3) is 10.1 Å². The van der Waals surface area contributed by atoms with Crippen LogP contribution in [0.3, 0.4) is 0 Å². The fourth-order valence-corrected chi connectivity index (χ4v) is 3.28. The van der Waals surface area contributed by atoms with Crippen LogP contribution in [0.1, 0.15) is 23.2 Å². The van der Waals surface area contributed by atoms with Crippen LogP contribution in [0.2, 0.25) is 0 Å². The van der Waals surface area contributed by atoms with Crippen molar-refractivity contribution in [2.45, 2.75) is 17.7 Å². The summed E-state index contributed by atoms with van der Waals surface area (Å²) in [6.45, 7) is 0.0677. The molecule has 0 aromatic heterocycles. The first-order valence-corrected chi connectivity index (χ1v) is 11.2. The van der Waals surface area contributed by atoms with Crippen LogP contribution in [0.4, 0.5) is 0 Å². The second-order valence-corrected chi connectivity index (χ2v) is 9.03. The van der Waals surface area contributed by atoms with Gasteiger partial charge >= 0.3 is 11.9 Å². The third kappa shape index (κ3) is 7.01. The Labute approximate surface area is 183 Å². The van der Waals surface area contributed by atoms with E-state index in [1.54, 1.807) is 12.1 Å². The number of hydrogen-bond donors (Lipinski definition) is 1. The first-order valence-electron chi connectivity index (χ1n) is 7.57. The smallest absolute Gasteiger partial charge is 0.338 e. The molecule has 0 saturated heterocycles. The molecule has 7 nitrogen and oxygen atoms in total. The van der Waals surface area contributed by atoms with E-state index >= 15 is 0 Å². The van der Waals surface area contributed by atoms with Gasteiger partial charge in [-0.3, -0.25) is 9.35 Å². The summed E-state index contributed by atoms with van der Waals surface area (Å²) in [7, 11) is -4.29. The lowest BCUT2D eigenvalue weighted by molar-refractivity contribution is -0.134. The molecule has 144 valence electrons. The molecule has 0 aliphatic heterocycles. The summed E-state index contributed by atoms with van der Waals surface area (Å²) >= 11 is 4.30. The van der Waals surface area contributed by atoms with Gasteiger partial charge in [0.05, 0.1) is 17.1 Å². The van der Waals surface area contributed by atoms with Crippen molar-refractivity contribution in [2.24, 2.45) is 0 Å². The number of hydrogen-bond acceptors (Lipinski definition) is 6. The van der Waals surface area contributed by atoms with E-state index in [-0.39, 0.29) is 30.1 Å². The largest absolute Gasteiger partial charge is 0.462 e. The van der Waals surface area contributed by atoms with E-state index in [9.17, 15) is 18.0 Å². The highest BCUT2D eigenvalue weighted by Gasteiger charge is 2.12. The van der Waals surface area contributed by atoms with Crippen LogP contribution in [-0.2, 0) is 19.6 Å². The number of carbonyl (C=O) groups excluding carboxylic acids is 2. The molecule has 0 heterocycles. The van der Waals surface area contributed by atoms with Crippen molar-refractivity contribution in [1.29, 1.82) is 0 Å². The van der Waals surface area contributed by atoms with Gasteiger partial charge in [-0.15, -0.1) is 0 Å². The molecular formula is C17H14I2O7S. The molecule has 0 bridgehead atoms. The molecule has 2 rings (SSSR count). The van der Waals surface area contributed by atoms with Gasteiger partial charge in [-0.05, 0) is 94.1 Å². The molecule has 0 aliphatic rings. The molecular weight excluding hydrogens is 602 g/mol. The van der Waals surface area contributed by atoms with Gasteiger partial charge < -0.3 is 9.47 Å². The Hall–Kier alpha value is -1.25. The molecule has 0 fully saturated rings. The summed E-state index contributed by atoms with van der Waals surface area (Å²) in [5.41, 5.74) is 0.446. The summed E-state index contributed by atoms with van der Waals surface area (Å²) in [6.07, 6.45) is 0.312. The second kappa shape index (κ2) is 9.80. The highest BCUT2D eigenvalue weighted by Crippen LogP contribution is 2.18. The quantitative estimate of drug-likeness (QED) is 0.166. The molecule has 27 heavy (non-hydrogen) atoms. The van der Waals surface area contributed by atoms with Gasteiger partial charge in [0, 0.05) is 13.6 Å². The monoisotopic (exact) mass is 616 g/mol. The molecule has 2 aromatic rings. The maximum atomic E-state index is 11.9. The highest BCUT2D eigenvalue weighted by molar-refractivity contribution is 14.1. The van der Waals surface area contributed by atoms with E-state index in [0.717, 1.165) is 19.3 Å². The lowest BCUT2D eigenvalue weighted by Gasteiger charge is -2.07. The van der Waals surface area contributed by atoms with Crippen LogP contribution < -0.4 is 4.74 Å². The standard InChI is InChI=1S/C17H14I2O7S/c18-14-8-3-11(10-15(14)19)17(21)25-9-1-2-16(20)26-12-4-6-13(7-5-12)27(22,23)24/h3-8,10H,1-2,9H2,(H,22,23,24). The van der Waals surface area contributed by atoms with Crippen molar-refractivity contribution >= 4 is 67.2 Å². The minimum absolute atomic E-state index is 0.0253. The normalized spacial score (nSPS) is 11.1. The fraction of sp³-hybridized carbons (Fsp3) is 0.176. The van der Waals surface area contributed by atoms with Gasteiger partial charge in [-0.2, -0.15) is 8.42 Å². The molecule has 2 aromatic carbocycles. The van der Waals surface area contributed by atoms with Gasteiger partial charge in [0.15, 0.2) is 0 Å². The zero-order valence-electron chi connectivity index (χ0n) is 13.7. The first kappa shape index (κ1) is 22.0. The summed E-state index contributed by atoms with van der Waals surface area (Å²) in [4.78, 5) is 23.4. The average Bonchev–Trinajstić information content (AvgIpc) is 2.60. The van der Waals surface area contributed by atoms with E-state index < -0.39 is 22.1 Å².